The Morgan fingerprint density at radius 3 is 2.91 bits per heavy atom. The molecule has 0 aliphatic heterocycles. The van der Waals surface area contributed by atoms with Gasteiger partial charge in [0.1, 0.15) is 5.56 Å². The van der Waals surface area contributed by atoms with Crippen LogP contribution in [0.1, 0.15) is 10.4 Å². The zero-order valence-corrected chi connectivity index (χ0v) is 5.79. The first-order valence-electron chi connectivity index (χ1n) is 3.03. The molecule has 0 unspecified atom stereocenters. The first kappa shape index (κ1) is 7.49. The summed E-state index contributed by atoms with van der Waals surface area (Å²) in [6.45, 7) is 0. The maximum absolute atomic E-state index is 10.9. The minimum atomic E-state index is -0.403. The molecule has 5 heteroatoms. The summed E-state index contributed by atoms with van der Waals surface area (Å²) in [5, 5.41) is 0. The van der Waals surface area contributed by atoms with Crippen LogP contribution in [-0.2, 0) is 0 Å². The average molecular weight is 153 g/mol. The molecule has 0 aliphatic rings. The molecule has 0 saturated carbocycles. The van der Waals surface area contributed by atoms with Gasteiger partial charge in [-0.15, -0.1) is 0 Å². The second-order valence-corrected chi connectivity index (χ2v) is 1.97. The molecule has 1 heterocycles. The first-order valence-corrected chi connectivity index (χ1v) is 3.03. The lowest BCUT2D eigenvalue weighted by Crippen LogP contribution is -2.32. The van der Waals surface area contributed by atoms with Crippen LogP contribution in [0.15, 0.2) is 18.3 Å². The fourth-order valence-electron chi connectivity index (χ4n) is 0.726. The molecule has 0 spiro atoms. The highest BCUT2D eigenvalue weighted by atomic mass is 16.2. The smallest absolute Gasteiger partial charge is 0.283 e. The lowest BCUT2D eigenvalue weighted by Gasteiger charge is -1.96. The van der Waals surface area contributed by atoms with Gasteiger partial charge in [0.15, 0.2) is 0 Å². The Balaban J connectivity index is 3.03. The number of hydrogen-bond acceptors (Lipinski definition) is 3. The summed E-state index contributed by atoms with van der Waals surface area (Å²) in [4.78, 5) is 13.6. The van der Waals surface area contributed by atoms with Crippen molar-refractivity contribution in [1.29, 1.82) is 0 Å². The second-order valence-electron chi connectivity index (χ2n) is 1.97. The van der Waals surface area contributed by atoms with E-state index in [-0.39, 0.29) is 0 Å². The molecule has 0 radical (unpaired) electrons. The number of pyridine rings is 1. The number of H-pyrrole nitrogens is 1. The Morgan fingerprint density at radius 1 is 1.64 bits per heavy atom. The number of nitrogen functional groups attached to an aromatic ring is 2. The van der Waals surface area contributed by atoms with Crippen molar-refractivity contribution in [1.82, 2.24) is 5.43 Å². The van der Waals surface area contributed by atoms with Crippen molar-refractivity contribution in [3.8, 4) is 0 Å². The third-order valence-electron chi connectivity index (χ3n) is 1.26. The topological polar surface area (TPSA) is 95.3 Å². The van der Waals surface area contributed by atoms with E-state index in [1.54, 1.807) is 18.3 Å². The maximum atomic E-state index is 10.9. The van der Waals surface area contributed by atoms with E-state index in [0.29, 0.717) is 11.4 Å². The van der Waals surface area contributed by atoms with Crippen LogP contribution in [0.25, 0.3) is 0 Å². The SMILES string of the molecule is NNC(=O)c1ccc[nH+]c1N. The number of amides is 1. The van der Waals surface area contributed by atoms with Crippen LogP contribution < -0.4 is 22.0 Å². The number of hydrazine groups is 1. The maximum Gasteiger partial charge on any atom is 0.283 e. The van der Waals surface area contributed by atoms with Crippen LogP contribution in [0.2, 0.25) is 0 Å². The minimum absolute atomic E-state index is 0.301. The summed E-state index contributed by atoms with van der Waals surface area (Å²) >= 11 is 0. The molecule has 6 N–H and O–H groups in total. The van der Waals surface area contributed by atoms with Gasteiger partial charge in [0.2, 0.25) is 0 Å². The van der Waals surface area contributed by atoms with Crippen LogP contribution in [0.5, 0.6) is 0 Å². The Hall–Kier alpha value is -1.62. The molecular weight excluding hydrogens is 144 g/mol. The summed E-state index contributed by atoms with van der Waals surface area (Å²) in [6.07, 6.45) is 1.63. The molecule has 1 amide bonds. The number of aromatic nitrogens is 1. The molecule has 1 aromatic rings. The Labute approximate surface area is 63.4 Å². The Kier molecular flexibility index (Phi) is 2.03. The van der Waals surface area contributed by atoms with E-state index in [0.717, 1.165) is 0 Å². The monoisotopic (exact) mass is 153 g/mol. The molecule has 0 bridgehead atoms. The van der Waals surface area contributed by atoms with Gasteiger partial charge in [-0.05, 0) is 12.1 Å². The van der Waals surface area contributed by atoms with Crippen LogP contribution >= 0.6 is 0 Å². The second kappa shape index (κ2) is 2.98. The third-order valence-corrected chi connectivity index (χ3v) is 1.26. The van der Waals surface area contributed by atoms with E-state index in [2.05, 4.69) is 4.98 Å². The molecule has 1 rings (SSSR count). The molecule has 0 aliphatic carbocycles. The molecular formula is C6H9N4O+. The standard InChI is InChI=1S/C6H8N4O/c7-5-4(6(11)10-8)2-1-3-9-5/h1-3H,8H2,(H2,7,9)(H,10,11)/p+1. The van der Waals surface area contributed by atoms with E-state index < -0.39 is 5.91 Å². The lowest BCUT2D eigenvalue weighted by molar-refractivity contribution is -0.360. The molecule has 5 nitrogen and oxygen atoms in total. The van der Waals surface area contributed by atoms with Crippen molar-refractivity contribution in [3.63, 3.8) is 0 Å². The van der Waals surface area contributed by atoms with Crippen molar-refractivity contribution in [2.45, 2.75) is 0 Å². The van der Waals surface area contributed by atoms with Crippen molar-refractivity contribution in [2.24, 2.45) is 5.84 Å². The highest BCUT2D eigenvalue weighted by molar-refractivity contribution is 5.97. The van der Waals surface area contributed by atoms with Crippen molar-refractivity contribution in [2.75, 3.05) is 5.73 Å². The van der Waals surface area contributed by atoms with Gasteiger partial charge in [-0.25, -0.2) is 10.8 Å². The zero-order valence-electron chi connectivity index (χ0n) is 5.79. The van der Waals surface area contributed by atoms with Gasteiger partial charge < -0.3 is 0 Å². The van der Waals surface area contributed by atoms with Crippen LogP contribution in [0, 0.1) is 0 Å². The molecule has 58 valence electrons. The zero-order chi connectivity index (χ0) is 8.27. The van der Waals surface area contributed by atoms with Crippen LogP contribution in [-0.4, -0.2) is 5.91 Å². The first-order chi connectivity index (χ1) is 5.25. The van der Waals surface area contributed by atoms with E-state index in [1.165, 1.54) is 0 Å². The van der Waals surface area contributed by atoms with Crippen LogP contribution in [0.3, 0.4) is 0 Å². The van der Waals surface area contributed by atoms with Gasteiger partial charge in [0.25, 0.3) is 11.7 Å². The molecule has 0 aromatic carbocycles. The number of aromatic amines is 1. The fraction of sp³-hybridized carbons (Fsp3) is 0. The Morgan fingerprint density at radius 2 is 2.36 bits per heavy atom. The van der Waals surface area contributed by atoms with E-state index >= 15 is 0 Å². The van der Waals surface area contributed by atoms with Gasteiger partial charge in [-0.3, -0.25) is 16.0 Å². The fourth-order valence-corrected chi connectivity index (χ4v) is 0.726. The Bertz CT molecular complexity index is 273. The van der Waals surface area contributed by atoms with Crippen molar-refractivity contribution in [3.05, 3.63) is 23.9 Å². The minimum Gasteiger partial charge on any atom is -0.290 e. The van der Waals surface area contributed by atoms with Gasteiger partial charge in [-0.1, -0.05) is 0 Å². The highest BCUT2D eigenvalue weighted by Crippen LogP contribution is 2.01. The predicted molar refractivity (Wildman–Crippen MR) is 39.1 cm³/mol. The number of anilines is 1. The van der Waals surface area contributed by atoms with E-state index in [9.17, 15) is 4.79 Å². The van der Waals surface area contributed by atoms with Crippen molar-refractivity contribution >= 4 is 11.7 Å². The quantitative estimate of drug-likeness (QED) is 0.265. The largest absolute Gasteiger partial charge is 0.290 e. The van der Waals surface area contributed by atoms with Gasteiger partial charge in [-0.2, -0.15) is 0 Å². The lowest BCUT2D eigenvalue weighted by atomic mass is 10.2. The summed E-state index contributed by atoms with van der Waals surface area (Å²) < 4.78 is 0. The predicted octanol–water partition coefficient (Wildman–Crippen LogP) is -1.31. The summed E-state index contributed by atoms with van der Waals surface area (Å²) in [6, 6.07) is 3.24. The number of nitrogens with two attached hydrogens (primary N) is 2. The molecule has 0 saturated heterocycles. The van der Waals surface area contributed by atoms with Gasteiger partial charge >= 0.3 is 0 Å². The van der Waals surface area contributed by atoms with E-state index in [1.807, 2.05) is 5.43 Å². The summed E-state index contributed by atoms with van der Waals surface area (Å²) in [7, 11) is 0. The van der Waals surface area contributed by atoms with Gasteiger partial charge in [0.05, 0.1) is 6.20 Å². The summed E-state index contributed by atoms with van der Waals surface area (Å²) in [5.41, 5.74) is 7.75. The molecule has 1 aromatic heterocycles. The third kappa shape index (κ3) is 1.44. The molecule has 11 heavy (non-hydrogen) atoms. The molecule has 0 fully saturated rings. The number of carbonyl (C=O) groups excluding carboxylic acids is 1. The number of nitrogens with one attached hydrogen (secondary N) is 2. The van der Waals surface area contributed by atoms with Crippen LogP contribution in [0.4, 0.5) is 5.82 Å². The van der Waals surface area contributed by atoms with Gasteiger partial charge in [0, 0.05) is 0 Å². The molecule has 0 atom stereocenters. The highest BCUT2D eigenvalue weighted by Gasteiger charge is 2.10. The average Bonchev–Trinajstić information content (AvgIpc) is 2.04. The number of carbonyl (C=O) groups is 1. The number of hydrogen-bond donors (Lipinski definition) is 3. The number of rotatable bonds is 1. The summed E-state index contributed by atoms with van der Waals surface area (Å²) in [5.74, 6) is 4.80. The normalized spacial score (nSPS) is 9.18. The van der Waals surface area contributed by atoms with E-state index in [4.69, 9.17) is 11.6 Å². The van der Waals surface area contributed by atoms with Crippen molar-refractivity contribution < 1.29 is 9.78 Å².